The lowest BCUT2D eigenvalue weighted by Gasteiger charge is -2.32. The number of aliphatic hydroxyl groups is 1. The molecule has 1 aromatic heterocycles. The molecule has 0 spiro atoms. The standard InChI is InChI=1S/C15H26N2O2S/c1-10(2)19-9-12(18)8-17(4)14-7-5-6-13-15(14)20-11(3)16-13/h10,12,14,18H,5-9H2,1-4H3. The fourth-order valence-electron chi connectivity index (χ4n) is 2.76. The smallest absolute Gasteiger partial charge is 0.0900 e. The summed E-state index contributed by atoms with van der Waals surface area (Å²) in [7, 11) is 2.09. The molecular formula is C15H26N2O2S. The average molecular weight is 298 g/mol. The molecular weight excluding hydrogens is 272 g/mol. The predicted molar refractivity (Wildman–Crippen MR) is 82.3 cm³/mol. The molecule has 0 fully saturated rings. The van der Waals surface area contributed by atoms with E-state index >= 15 is 0 Å². The number of hydrogen-bond acceptors (Lipinski definition) is 5. The maximum absolute atomic E-state index is 10.1. The number of aromatic nitrogens is 1. The third kappa shape index (κ3) is 4.01. The number of hydrogen-bond donors (Lipinski definition) is 1. The monoisotopic (exact) mass is 298 g/mol. The Labute approximate surface area is 125 Å². The summed E-state index contributed by atoms with van der Waals surface area (Å²) in [4.78, 5) is 8.28. The number of rotatable bonds is 6. The highest BCUT2D eigenvalue weighted by atomic mass is 32.1. The summed E-state index contributed by atoms with van der Waals surface area (Å²) in [5, 5.41) is 11.2. The predicted octanol–water partition coefficient (Wildman–Crippen LogP) is 2.55. The maximum Gasteiger partial charge on any atom is 0.0900 e. The first-order chi connectivity index (χ1) is 9.47. The van der Waals surface area contributed by atoms with E-state index in [-0.39, 0.29) is 6.10 Å². The molecule has 114 valence electrons. The van der Waals surface area contributed by atoms with Crippen molar-refractivity contribution in [3.63, 3.8) is 0 Å². The molecule has 5 heteroatoms. The van der Waals surface area contributed by atoms with Gasteiger partial charge in [0.1, 0.15) is 0 Å². The third-order valence-corrected chi connectivity index (χ3v) is 4.80. The van der Waals surface area contributed by atoms with Crippen molar-refractivity contribution in [2.45, 2.75) is 58.3 Å². The van der Waals surface area contributed by atoms with Crippen molar-refractivity contribution in [3.05, 3.63) is 15.6 Å². The number of likely N-dealkylation sites (N-methyl/N-ethyl adjacent to an activating group) is 1. The van der Waals surface area contributed by atoms with Gasteiger partial charge < -0.3 is 9.84 Å². The Kier molecular flexibility index (Phi) is 5.55. The molecule has 0 saturated heterocycles. The van der Waals surface area contributed by atoms with E-state index in [1.165, 1.54) is 17.0 Å². The van der Waals surface area contributed by atoms with Gasteiger partial charge in [-0.15, -0.1) is 11.3 Å². The van der Waals surface area contributed by atoms with Crippen molar-refractivity contribution in [2.75, 3.05) is 20.2 Å². The molecule has 2 rings (SSSR count). The minimum absolute atomic E-state index is 0.167. The molecule has 20 heavy (non-hydrogen) atoms. The molecule has 0 aliphatic heterocycles. The van der Waals surface area contributed by atoms with Crippen LogP contribution in [0.3, 0.4) is 0 Å². The zero-order valence-corrected chi connectivity index (χ0v) is 13.7. The van der Waals surface area contributed by atoms with Crippen LogP contribution in [-0.4, -0.2) is 47.4 Å². The van der Waals surface area contributed by atoms with E-state index in [0.717, 1.165) is 17.8 Å². The Morgan fingerprint density at radius 2 is 2.25 bits per heavy atom. The third-order valence-electron chi connectivity index (χ3n) is 3.68. The number of ether oxygens (including phenoxy) is 1. The Bertz CT molecular complexity index is 434. The Balaban J connectivity index is 1.94. The van der Waals surface area contributed by atoms with E-state index < -0.39 is 6.10 Å². The summed E-state index contributed by atoms with van der Waals surface area (Å²) in [6.45, 7) is 7.11. The van der Waals surface area contributed by atoms with Gasteiger partial charge >= 0.3 is 0 Å². The molecule has 2 atom stereocenters. The van der Waals surface area contributed by atoms with Gasteiger partial charge in [-0.25, -0.2) is 4.98 Å². The molecule has 0 amide bonds. The highest BCUT2D eigenvalue weighted by Gasteiger charge is 2.27. The van der Waals surface area contributed by atoms with Crippen LogP contribution in [0, 0.1) is 6.92 Å². The first kappa shape index (κ1) is 15.9. The van der Waals surface area contributed by atoms with E-state index in [9.17, 15) is 5.11 Å². The van der Waals surface area contributed by atoms with E-state index in [2.05, 4.69) is 23.9 Å². The second kappa shape index (κ2) is 6.98. The zero-order chi connectivity index (χ0) is 14.7. The molecule has 0 aromatic carbocycles. The van der Waals surface area contributed by atoms with Crippen molar-refractivity contribution < 1.29 is 9.84 Å². The zero-order valence-electron chi connectivity index (χ0n) is 12.9. The molecule has 0 saturated carbocycles. The summed E-state index contributed by atoms with van der Waals surface area (Å²) in [5.41, 5.74) is 1.27. The normalized spacial score (nSPS) is 20.4. The number of aryl methyl sites for hydroxylation is 2. The highest BCUT2D eigenvalue weighted by molar-refractivity contribution is 7.11. The van der Waals surface area contributed by atoms with Gasteiger partial charge in [-0.2, -0.15) is 0 Å². The first-order valence-electron chi connectivity index (χ1n) is 7.43. The van der Waals surface area contributed by atoms with Gasteiger partial charge in [0.05, 0.1) is 29.5 Å². The lowest BCUT2D eigenvalue weighted by molar-refractivity contribution is -0.0111. The van der Waals surface area contributed by atoms with Gasteiger partial charge in [0.25, 0.3) is 0 Å². The highest BCUT2D eigenvalue weighted by Crippen LogP contribution is 2.37. The lowest BCUT2D eigenvalue weighted by atomic mass is 9.97. The van der Waals surface area contributed by atoms with E-state index in [1.54, 1.807) is 11.3 Å². The number of thiazole rings is 1. The molecule has 1 N–H and O–H groups in total. The van der Waals surface area contributed by atoms with E-state index in [1.807, 2.05) is 13.8 Å². The molecule has 1 heterocycles. The molecule has 1 aliphatic carbocycles. The van der Waals surface area contributed by atoms with Crippen molar-refractivity contribution in [1.82, 2.24) is 9.88 Å². The van der Waals surface area contributed by atoms with Crippen LogP contribution in [0.4, 0.5) is 0 Å². The van der Waals surface area contributed by atoms with Gasteiger partial charge in [-0.05, 0) is 47.1 Å². The molecule has 0 bridgehead atoms. The van der Waals surface area contributed by atoms with Crippen LogP contribution in [-0.2, 0) is 11.2 Å². The second-order valence-corrected chi connectivity index (χ2v) is 7.16. The van der Waals surface area contributed by atoms with Crippen LogP contribution >= 0.6 is 11.3 Å². The SMILES string of the molecule is Cc1nc2c(s1)C(N(C)CC(O)COC(C)C)CCC2. The van der Waals surface area contributed by atoms with Gasteiger partial charge in [-0.1, -0.05) is 0 Å². The topological polar surface area (TPSA) is 45.6 Å². The minimum Gasteiger partial charge on any atom is -0.389 e. The van der Waals surface area contributed by atoms with Crippen LogP contribution in [0.1, 0.15) is 48.3 Å². The van der Waals surface area contributed by atoms with Crippen molar-refractivity contribution >= 4 is 11.3 Å². The van der Waals surface area contributed by atoms with Gasteiger partial charge in [-0.3, -0.25) is 4.90 Å². The van der Waals surface area contributed by atoms with Gasteiger partial charge in [0, 0.05) is 17.5 Å². The fraction of sp³-hybridized carbons (Fsp3) is 0.800. The quantitative estimate of drug-likeness (QED) is 0.876. The van der Waals surface area contributed by atoms with E-state index in [0.29, 0.717) is 19.2 Å². The van der Waals surface area contributed by atoms with Crippen molar-refractivity contribution in [3.8, 4) is 0 Å². The Morgan fingerprint density at radius 3 is 2.95 bits per heavy atom. The van der Waals surface area contributed by atoms with Crippen LogP contribution in [0.2, 0.25) is 0 Å². The Hall–Kier alpha value is -0.490. The molecule has 2 unspecified atom stereocenters. The first-order valence-corrected chi connectivity index (χ1v) is 8.25. The van der Waals surface area contributed by atoms with Crippen LogP contribution in [0.15, 0.2) is 0 Å². The number of aliphatic hydroxyl groups excluding tert-OH is 1. The lowest BCUT2D eigenvalue weighted by Crippen LogP contribution is -2.36. The summed E-state index contributed by atoms with van der Waals surface area (Å²) in [5.74, 6) is 0. The van der Waals surface area contributed by atoms with Crippen LogP contribution < -0.4 is 0 Å². The Morgan fingerprint density at radius 1 is 1.50 bits per heavy atom. The molecule has 0 radical (unpaired) electrons. The molecule has 1 aliphatic rings. The van der Waals surface area contributed by atoms with Gasteiger partial charge in [0.2, 0.25) is 0 Å². The fourth-order valence-corrected chi connectivity index (χ4v) is 3.93. The summed E-state index contributed by atoms with van der Waals surface area (Å²) < 4.78 is 5.48. The average Bonchev–Trinajstić information content (AvgIpc) is 2.76. The largest absolute Gasteiger partial charge is 0.389 e. The maximum atomic E-state index is 10.1. The summed E-state index contributed by atoms with van der Waals surface area (Å²) >= 11 is 1.81. The number of nitrogens with zero attached hydrogens (tertiary/aromatic N) is 2. The van der Waals surface area contributed by atoms with Crippen LogP contribution in [0.5, 0.6) is 0 Å². The van der Waals surface area contributed by atoms with Crippen LogP contribution in [0.25, 0.3) is 0 Å². The van der Waals surface area contributed by atoms with E-state index in [4.69, 9.17) is 4.74 Å². The van der Waals surface area contributed by atoms with Crippen molar-refractivity contribution in [2.24, 2.45) is 0 Å². The van der Waals surface area contributed by atoms with Gasteiger partial charge in [0.15, 0.2) is 0 Å². The second-order valence-electron chi connectivity index (χ2n) is 5.93. The minimum atomic E-state index is -0.429. The van der Waals surface area contributed by atoms with Crippen molar-refractivity contribution in [1.29, 1.82) is 0 Å². The summed E-state index contributed by atoms with van der Waals surface area (Å²) in [6, 6.07) is 0.402. The molecule has 1 aromatic rings. The summed E-state index contributed by atoms with van der Waals surface area (Å²) in [6.07, 6.45) is 3.18. The number of fused-ring (bicyclic) bond motifs is 1. The molecule has 4 nitrogen and oxygen atoms in total.